The van der Waals surface area contributed by atoms with Gasteiger partial charge in [0.05, 0.1) is 28.0 Å². The predicted octanol–water partition coefficient (Wildman–Crippen LogP) is 4.22. The molecule has 1 N–H and O–H groups in total. The number of hydrogen-bond acceptors (Lipinski definition) is 6. The van der Waals surface area contributed by atoms with Gasteiger partial charge in [-0.15, -0.1) is 0 Å². The summed E-state index contributed by atoms with van der Waals surface area (Å²) in [7, 11) is -5.07. The lowest BCUT2D eigenvalue weighted by Gasteiger charge is -2.29. The number of carbonyl (C=O) groups excluding carboxylic acids is 2. The molecular weight excluding hydrogens is 618 g/mol. The third-order valence-corrected chi connectivity index (χ3v) is 10.2. The van der Waals surface area contributed by atoms with E-state index in [4.69, 9.17) is 0 Å². The van der Waals surface area contributed by atoms with Gasteiger partial charge in [-0.25, -0.2) is 13.1 Å². The zero-order chi connectivity index (χ0) is 31.8. The van der Waals surface area contributed by atoms with Crippen molar-refractivity contribution < 1.29 is 53.1 Å². The van der Waals surface area contributed by atoms with E-state index in [1.54, 1.807) is 0 Å². The highest BCUT2D eigenvalue weighted by atomic mass is 32.2. The van der Waals surface area contributed by atoms with Crippen molar-refractivity contribution in [3.63, 3.8) is 0 Å². The second-order valence-corrected chi connectivity index (χ2v) is 13.0. The molecular formula is C25H21F8N5O4S. The number of nitrogens with one attached hydrogen (secondary N) is 1. The highest BCUT2D eigenvalue weighted by Gasteiger charge is 2.70. The zero-order valence-corrected chi connectivity index (χ0v) is 22.5. The SMILES string of the molecule is N#CC1(NC(=O)[C@@H]2C[C@@H](S(=O)(=O)c3ccc(-c4cnn(C(F)F)c4)cc3C(F)(F)F)CN2C(=O)C2(C(F)(F)F)CC2)CC1. The number of amides is 2. The molecule has 0 radical (unpaired) electrons. The molecule has 3 aliphatic rings. The molecule has 2 aromatic rings. The van der Waals surface area contributed by atoms with Crippen molar-refractivity contribution in [3.05, 3.63) is 36.2 Å². The molecule has 9 nitrogen and oxygen atoms in total. The Hall–Kier alpha value is -3.75. The van der Waals surface area contributed by atoms with Gasteiger partial charge < -0.3 is 10.2 Å². The number of nitrogens with zero attached hydrogens (tertiary/aromatic N) is 4. The smallest absolute Gasteiger partial charge is 0.336 e. The van der Waals surface area contributed by atoms with E-state index >= 15 is 0 Å². The summed E-state index contributed by atoms with van der Waals surface area (Å²) in [6, 6.07) is 1.94. The first kappa shape index (κ1) is 30.7. The predicted molar refractivity (Wildman–Crippen MR) is 128 cm³/mol. The van der Waals surface area contributed by atoms with Crippen LogP contribution in [0.15, 0.2) is 35.5 Å². The maximum Gasteiger partial charge on any atom is 0.417 e. The topological polar surface area (TPSA) is 125 Å². The minimum absolute atomic E-state index is 0.175. The minimum atomic E-state index is -5.29. The third-order valence-electron chi connectivity index (χ3n) is 8.02. The van der Waals surface area contributed by atoms with Crippen LogP contribution in [0.4, 0.5) is 35.1 Å². The highest BCUT2D eigenvalue weighted by Crippen LogP contribution is 2.59. The van der Waals surface area contributed by atoms with Crippen molar-refractivity contribution in [2.24, 2.45) is 5.41 Å². The number of aromatic nitrogens is 2. The number of hydrogen-bond donors (Lipinski definition) is 1. The molecule has 0 spiro atoms. The Kier molecular flexibility index (Phi) is 7.06. The lowest BCUT2D eigenvalue weighted by atomic mass is 10.0. The lowest BCUT2D eigenvalue weighted by molar-refractivity contribution is -0.199. The van der Waals surface area contributed by atoms with Gasteiger partial charge in [0.15, 0.2) is 9.84 Å². The van der Waals surface area contributed by atoms with Crippen molar-refractivity contribution >= 4 is 21.7 Å². The number of alkyl halides is 8. The van der Waals surface area contributed by atoms with Crippen LogP contribution in [0.1, 0.15) is 44.2 Å². The average Bonchev–Trinajstić information content (AvgIpc) is 3.79. The van der Waals surface area contributed by atoms with Gasteiger partial charge in [0.25, 0.3) is 0 Å². The Labute approximate surface area is 238 Å². The molecule has 3 fully saturated rings. The average molecular weight is 640 g/mol. The Balaban J connectivity index is 1.51. The lowest BCUT2D eigenvalue weighted by Crippen LogP contribution is -2.53. The molecule has 1 saturated heterocycles. The largest absolute Gasteiger partial charge is 0.417 e. The molecule has 2 atom stereocenters. The number of likely N-dealkylation sites (tertiary alicyclic amines) is 1. The molecule has 2 heterocycles. The number of halogens is 8. The molecule has 18 heteroatoms. The quantitative estimate of drug-likeness (QED) is 0.453. The monoisotopic (exact) mass is 639 g/mol. The van der Waals surface area contributed by atoms with Crippen LogP contribution in [0.2, 0.25) is 0 Å². The van der Waals surface area contributed by atoms with Crippen LogP contribution >= 0.6 is 0 Å². The molecule has 2 saturated carbocycles. The second kappa shape index (κ2) is 9.89. The maximum absolute atomic E-state index is 14.1. The van der Waals surface area contributed by atoms with Crippen LogP contribution < -0.4 is 5.32 Å². The molecule has 0 bridgehead atoms. The molecule has 1 aliphatic heterocycles. The Morgan fingerprint density at radius 3 is 2.21 bits per heavy atom. The van der Waals surface area contributed by atoms with E-state index < -0.39 is 99.1 Å². The first-order chi connectivity index (χ1) is 19.8. The first-order valence-electron chi connectivity index (χ1n) is 12.7. The van der Waals surface area contributed by atoms with E-state index in [1.807, 2.05) is 6.07 Å². The maximum atomic E-state index is 14.1. The van der Waals surface area contributed by atoms with Crippen LogP contribution in [-0.4, -0.2) is 64.5 Å². The van der Waals surface area contributed by atoms with Gasteiger partial charge in [0.2, 0.25) is 11.8 Å². The zero-order valence-electron chi connectivity index (χ0n) is 21.7. The Morgan fingerprint density at radius 2 is 1.72 bits per heavy atom. The highest BCUT2D eigenvalue weighted by molar-refractivity contribution is 7.92. The van der Waals surface area contributed by atoms with E-state index in [-0.39, 0.29) is 28.7 Å². The Bertz CT molecular complexity index is 1620. The molecule has 2 aliphatic carbocycles. The summed E-state index contributed by atoms with van der Waals surface area (Å²) in [6.45, 7) is -4.10. The molecule has 43 heavy (non-hydrogen) atoms. The van der Waals surface area contributed by atoms with Crippen LogP contribution in [0.5, 0.6) is 0 Å². The summed E-state index contributed by atoms with van der Waals surface area (Å²) in [5, 5.41) is 13.0. The van der Waals surface area contributed by atoms with Gasteiger partial charge in [0, 0.05) is 18.3 Å². The number of rotatable bonds is 7. The van der Waals surface area contributed by atoms with Crippen molar-refractivity contribution in [1.29, 1.82) is 5.26 Å². The van der Waals surface area contributed by atoms with Crippen molar-refractivity contribution in [2.45, 2.75) is 72.7 Å². The van der Waals surface area contributed by atoms with Crippen LogP contribution in [0.25, 0.3) is 11.1 Å². The number of carbonyl (C=O) groups is 2. The standard InChI is InChI=1S/C25H21F8N5O4S/c26-21(27)38-10-14(9-35-38)13-1-2-18(16(7-13)24(28,29)30)43(41,42)15-8-17(19(39)36-22(12-34)3-4-22)37(11-15)20(40)23(5-6-23)25(31,32)33/h1-2,7,9-10,15,17,21H,3-6,8,11H2,(H,36,39)/t15-,17+/m1/s1. The van der Waals surface area contributed by atoms with E-state index in [1.165, 1.54) is 0 Å². The normalized spacial score (nSPS) is 22.7. The van der Waals surface area contributed by atoms with Gasteiger partial charge in [-0.3, -0.25) is 9.59 Å². The van der Waals surface area contributed by atoms with Gasteiger partial charge >= 0.3 is 18.9 Å². The number of benzene rings is 1. The van der Waals surface area contributed by atoms with E-state index in [9.17, 15) is 58.4 Å². The van der Waals surface area contributed by atoms with Crippen LogP contribution in [-0.2, 0) is 25.6 Å². The van der Waals surface area contributed by atoms with Gasteiger partial charge in [-0.05, 0) is 49.8 Å². The number of sulfone groups is 1. The van der Waals surface area contributed by atoms with Gasteiger partial charge in [0.1, 0.15) is 17.0 Å². The van der Waals surface area contributed by atoms with Crippen molar-refractivity contribution in [1.82, 2.24) is 20.0 Å². The summed E-state index contributed by atoms with van der Waals surface area (Å²) in [6.07, 6.45) is -10.3. The fourth-order valence-corrected chi connectivity index (χ4v) is 7.07. The molecule has 1 aromatic carbocycles. The van der Waals surface area contributed by atoms with Gasteiger partial charge in [-0.1, -0.05) is 6.07 Å². The molecule has 0 unspecified atom stereocenters. The van der Waals surface area contributed by atoms with E-state index in [2.05, 4.69) is 10.4 Å². The third kappa shape index (κ3) is 5.31. The summed E-state index contributed by atoms with van der Waals surface area (Å²) in [5.41, 5.74) is -6.35. The van der Waals surface area contributed by atoms with Crippen LogP contribution in [0.3, 0.4) is 0 Å². The summed E-state index contributed by atoms with van der Waals surface area (Å²) >= 11 is 0. The van der Waals surface area contributed by atoms with Crippen LogP contribution in [0, 0.1) is 16.7 Å². The van der Waals surface area contributed by atoms with E-state index in [0.717, 1.165) is 18.5 Å². The van der Waals surface area contributed by atoms with Crippen molar-refractivity contribution in [3.8, 4) is 17.2 Å². The molecule has 1 aromatic heterocycles. The second-order valence-electron chi connectivity index (χ2n) is 10.8. The molecule has 232 valence electrons. The van der Waals surface area contributed by atoms with Gasteiger partial charge in [-0.2, -0.15) is 45.5 Å². The molecule has 5 rings (SSSR count). The summed E-state index contributed by atoms with van der Waals surface area (Å²) < 4.78 is 137. The Morgan fingerprint density at radius 1 is 1.07 bits per heavy atom. The number of nitriles is 1. The first-order valence-corrected chi connectivity index (χ1v) is 14.3. The summed E-state index contributed by atoms with van der Waals surface area (Å²) in [5.74, 6) is -2.66. The minimum Gasteiger partial charge on any atom is -0.336 e. The van der Waals surface area contributed by atoms with E-state index in [0.29, 0.717) is 17.0 Å². The molecule has 2 amide bonds. The fourth-order valence-electron chi connectivity index (χ4n) is 5.18. The fraction of sp³-hybridized carbons (Fsp3) is 0.520. The summed E-state index contributed by atoms with van der Waals surface area (Å²) in [4.78, 5) is 25.4. The van der Waals surface area contributed by atoms with Crippen molar-refractivity contribution in [2.75, 3.05) is 6.54 Å².